The molecule has 0 N–H and O–H groups in total. The van der Waals surface area contributed by atoms with Crippen LogP contribution in [0.15, 0.2) is 18.2 Å². The zero-order valence-electron chi connectivity index (χ0n) is 20.9. The van der Waals surface area contributed by atoms with Crippen molar-refractivity contribution >= 4 is 21.8 Å². The molecule has 35 heavy (non-hydrogen) atoms. The Labute approximate surface area is 209 Å². The van der Waals surface area contributed by atoms with Crippen molar-refractivity contribution in [3.63, 3.8) is 0 Å². The molecule has 0 aliphatic carbocycles. The number of carbonyl (C=O) groups is 1. The fourth-order valence-corrected chi connectivity index (χ4v) is 7.56. The van der Waals surface area contributed by atoms with Crippen molar-refractivity contribution in [1.29, 1.82) is 0 Å². The lowest BCUT2D eigenvalue weighted by atomic mass is 9.97. The summed E-state index contributed by atoms with van der Waals surface area (Å²) in [5, 5.41) is 0. The van der Waals surface area contributed by atoms with Crippen LogP contribution in [0.25, 0.3) is 0 Å². The molecule has 5 rings (SSSR count). The zero-order chi connectivity index (χ0) is 24.6. The maximum Gasteiger partial charge on any atom is 0.282 e. The molecule has 0 bridgehead atoms. The number of piperazine rings is 1. The van der Waals surface area contributed by atoms with Crippen LogP contribution in [-0.4, -0.2) is 99.2 Å². The smallest absolute Gasteiger partial charge is 0.282 e. The first-order valence-corrected chi connectivity index (χ1v) is 14.3. The summed E-state index contributed by atoms with van der Waals surface area (Å²) in [6.07, 6.45) is 2.55. The van der Waals surface area contributed by atoms with E-state index in [1.165, 1.54) is 21.1 Å². The fraction of sp³-hybridized carbons (Fsp3) is 0.720. The van der Waals surface area contributed by atoms with Crippen LogP contribution in [0, 0.1) is 19.8 Å². The molecule has 4 aliphatic rings. The largest absolute Gasteiger partial charge is 0.368 e. The second-order valence-electron chi connectivity index (χ2n) is 10.2. The molecule has 0 saturated carbocycles. The van der Waals surface area contributed by atoms with E-state index < -0.39 is 16.0 Å². The van der Waals surface area contributed by atoms with E-state index in [9.17, 15) is 13.2 Å². The Kier molecular flexibility index (Phi) is 7.11. The van der Waals surface area contributed by atoms with Crippen molar-refractivity contribution in [2.45, 2.75) is 45.3 Å². The third-order valence-corrected chi connectivity index (χ3v) is 10.2. The number of piperidine rings is 2. The number of amides is 1. The van der Waals surface area contributed by atoms with Crippen LogP contribution in [0.1, 0.15) is 36.8 Å². The van der Waals surface area contributed by atoms with Crippen molar-refractivity contribution in [3.05, 3.63) is 29.3 Å². The summed E-state index contributed by atoms with van der Waals surface area (Å²) in [7, 11) is -3.61. The predicted molar refractivity (Wildman–Crippen MR) is 133 cm³/mol. The molecule has 1 amide bonds. The van der Waals surface area contributed by atoms with Gasteiger partial charge in [0, 0.05) is 70.9 Å². The van der Waals surface area contributed by atoms with Crippen LogP contribution in [0.5, 0.6) is 0 Å². The summed E-state index contributed by atoms with van der Waals surface area (Å²) in [6.45, 7) is 9.87. The van der Waals surface area contributed by atoms with E-state index in [1.54, 1.807) is 4.31 Å². The van der Waals surface area contributed by atoms with Gasteiger partial charge in [-0.1, -0.05) is 12.1 Å². The van der Waals surface area contributed by atoms with E-state index in [-0.39, 0.29) is 18.4 Å². The van der Waals surface area contributed by atoms with Crippen LogP contribution < -0.4 is 4.90 Å². The lowest BCUT2D eigenvalue weighted by Gasteiger charge is -2.42. The molecule has 9 nitrogen and oxygen atoms in total. The first-order valence-electron chi connectivity index (χ1n) is 12.9. The number of hydrogen-bond acceptors (Lipinski definition) is 6. The van der Waals surface area contributed by atoms with Gasteiger partial charge in [-0.25, -0.2) is 0 Å². The quantitative estimate of drug-likeness (QED) is 0.619. The van der Waals surface area contributed by atoms with Crippen LogP contribution in [-0.2, 0) is 24.5 Å². The minimum absolute atomic E-state index is 0.0934. The minimum atomic E-state index is -3.61. The van der Waals surface area contributed by atoms with Crippen molar-refractivity contribution < 1.29 is 22.7 Å². The number of nitrogens with zero attached hydrogens (tertiary/aromatic N) is 4. The highest BCUT2D eigenvalue weighted by atomic mass is 32.2. The summed E-state index contributed by atoms with van der Waals surface area (Å²) in [5.41, 5.74) is 3.80. The first-order chi connectivity index (χ1) is 16.8. The van der Waals surface area contributed by atoms with Gasteiger partial charge in [0.25, 0.3) is 10.2 Å². The molecule has 1 atom stereocenters. The lowest BCUT2D eigenvalue weighted by Crippen LogP contribution is -2.56. The van der Waals surface area contributed by atoms with Gasteiger partial charge in [0.1, 0.15) is 0 Å². The zero-order valence-corrected chi connectivity index (χ0v) is 21.8. The van der Waals surface area contributed by atoms with Crippen molar-refractivity contribution in [2.75, 3.05) is 70.5 Å². The average Bonchev–Trinajstić information content (AvgIpc) is 3.33. The Hall–Kier alpha value is -1.72. The molecule has 0 unspecified atom stereocenters. The van der Waals surface area contributed by atoms with Gasteiger partial charge in [-0.05, 0) is 43.9 Å². The number of anilines is 1. The van der Waals surface area contributed by atoms with Crippen molar-refractivity contribution in [2.24, 2.45) is 5.92 Å². The van der Waals surface area contributed by atoms with Crippen molar-refractivity contribution in [1.82, 2.24) is 13.5 Å². The molecule has 0 radical (unpaired) electrons. The normalized spacial score (nSPS) is 26.4. The Morgan fingerprint density at radius 2 is 1.63 bits per heavy atom. The molecule has 4 heterocycles. The lowest BCUT2D eigenvalue weighted by molar-refractivity contribution is -0.179. The van der Waals surface area contributed by atoms with Crippen LogP contribution in [0.2, 0.25) is 0 Å². The second-order valence-corrected chi connectivity index (χ2v) is 12.2. The average molecular weight is 507 g/mol. The maximum absolute atomic E-state index is 13.4. The molecule has 4 aliphatic heterocycles. The van der Waals surface area contributed by atoms with Crippen LogP contribution in [0.3, 0.4) is 0 Å². The summed E-state index contributed by atoms with van der Waals surface area (Å²) in [6, 6.07) is 6.36. The van der Waals surface area contributed by atoms with Gasteiger partial charge in [-0.3, -0.25) is 4.79 Å². The minimum Gasteiger partial charge on any atom is -0.368 e. The number of aryl methyl sites for hydroxylation is 1. The number of ether oxygens (including phenoxy) is 2. The van der Waals surface area contributed by atoms with Gasteiger partial charge in [0.15, 0.2) is 5.79 Å². The standard InChI is InChI=1S/C25H38N4O5S/c1-20-5-3-7-23(21(20)2)26-13-15-27(16-14-26)24(30)22-6-4-10-29(19-22)35(31,32)28-11-8-25(9-12-28)33-17-18-34-25/h3,5,7,22H,4,6,8-19H2,1-2H3/t22-/m1/s1. The predicted octanol–water partition coefficient (Wildman–Crippen LogP) is 1.75. The molecule has 4 saturated heterocycles. The van der Waals surface area contributed by atoms with Gasteiger partial charge >= 0.3 is 0 Å². The molecule has 194 valence electrons. The SMILES string of the molecule is Cc1cccc(N2CCN(C(=O)[C@@H]3CCCN(S(=O)(=O)N4CCC5(CC4)OCCO5)C3)CC2)c1C. The molecule has 10 heteroatoms. The van der Waals surface area contributed by atoms with Gasteiger partial charge in [-0.2, -0.15) is 17.0 Å². The Balaban J connectivity index is 1.17. The van der Waals surface area contributed by atoms with E-state index in [0.717, 1.165) is 19.5 Å². The Morgan fingerprint density at radius 3 is 2.31 bits per heavy atom. The van der Waals surface area contributed by atoms with Crippen LogP contribution >= 0.6 is 0 Å². The summed E-state index contributed by atoms with van der Waals surface area (Å²) in [5.74, 6) is -0.787. The van der Waals surface area contributed by atoms with Gasteiger partial charge in [0.2, 0.25) is 5.91 Å². The summed E-state index contributed by atoms with van der Waals surface area (Å²) < 4.78 is 41.3. The molecular weight excluding hydrogens is 468 g/mol. The monoisotopic (exact) mass is 506 g/mol. The number of benzene rings is 1. The highest BCUT2D eigenvalue weighted by molar-refractivity contribution is 7.86. The molecule has 1 spiro atoms. The highest BCUT2D eigenvalue weighted by Gasteiger charge is 2.45. The molecule has 1 aromatic rings. The van der Waals surface area contributed by atoms with Gasteiger partial charge in [-0.15, -0.1) is 0 Å². The first kappa shape index (κ1) is 25.0. The fourth-order valence-electron chi connectivity index (χ4n) is 5.86. The summed E-state index contributed by atoms with van der Waals surface area (Å²) >= 11 is 0. The molecule has 1 aromatic carbocycles. The number of hydrogen-bond donors (Lipinski definition) is 0. The van der Waals surface area contributed by atoms with E-state index >= 15 is 0 Å². The van der Waals surface area contributed by atoms with E-state index in [0.29, 0.717) is 65.2 Å². The van der Waals surface area contributed by atoms with E-state index in [1.807, 2.05) is 4.90 Å². The van der Waals surface area contributed by atoms with Gasteiger partial charge < -0.3 is 19.3 Å². The van der Waals surface area contributed by atoms with Gasteiger partial charge in [0.05, 0.1) is 19.1 Å². The van der Waals surface area contributed by atoms with Crippen LogP contribution in [0.4, 0.5) is 5.69 Å². The molecular formula is C25H38N4O5S. The maximum atomic E-state index is 13.4. The molecule has 0 aromatic heterocycles. The number of rotatable bonds is 4. The Morgan fingerprint density at radius 1 is 0.943 bits per heavy atom. The van der Waals surface area contributed by atoms with E-state index in [2.05, 4.69) is 36.9 Å². The summed E-state index contributed by atoms with van der Waals surface area (Å²) in [4.78, 5) is 17.7. The topological polar surface area (TPSA) is 82.6 Å². The van der Waals surface area contributed by atoms with Crippen molar-refractivity contribution in [3.8, 4) is 0 Å². The third kappa shape index (κ3) is 4.96. The second kappa shape index (κ2) is 9.97. The number of carbonyl (C=O) groups excluding carboxylic acids is 1. The molecule has 4 fully saturated rings. The van der Waals surface area contributed by atoms with E-state index in [4.69, 9.17) is 9.47 Å². The Bertz CT molecular complexity index is 1020. The third-order valence-electron chi connectivity index (χ3n) is 8.19. The highest BCUT2D eigenvalue weighted by Crippen LogP contribution is 2.33.